The van der Waals surface area contributed by atoms with Gasteiger partial charge in [-0.3, -0.25) is 4.79 Å². The zero-order valence-electron chi connectivity index (χ0n) is 12.8. The van der Waals surface area contributed by atoms with Crippen LogP contribution in [-0.4, -0.2) is 34.7 Å². The van der Waals surface area contributed by atoms with Crippen molar-refractivity contribution in [3.8, 4) is 11.5 Å². The summed E-state index contributed by atoms with van der Waals surface area (Å²) in [5.41, 5.74) is 0. The van der Waals surface area contributed by atoms with Crippen LogP contribution in [0.2, 0.25) is 0 Å². The van der Waals surface area contributed by atoms with E-state index in [0.29, 0.717) is 24.0 Å². The van der Waals surface area contributed by atoms with E-state index in [1.54, 1.807) is 0 Å². The fraction of sp³-hybridized carbons (Fsp3) is 0.412. The minimum Gasteiger partial charge on any atom is -0.485 e. The number of imidazole rings is 1. The fourth-order valence-electron chi connectivity index (χ4n) is 2.77. The summed E-state index contributed by atoms with van der Waals surface area (Å²) in [6.07, 6.45) is 5.63. The van der Waals surface area contributed by atoms with Crippen LogP contribution in [0.5, 0.6) is 11.5 Å². The number of carbonyl (C=O) groups excluding carboxylic acids is 1. The number of fused-ring (bicyclic) bond motifs is 1. The zero-order chi connectivity index (χ0) is 15.6. The Kier molecular flexibility index (Phi) is 3.65. The van der Waals surface area contributed by atoms with Crippen molar-refractivity contribution < 1.29 is 14.3 Å². The molecule has 4 rings (SSSR count). The predicted octanol–water partition coefficient (Wildman–Crippen LogP) is 1.72. The summed E-state index contributed by atoms with van der Waals surface area (Å²) in [5, 5.41) is 2.92. The van der Waals surface area contributed by atoms with Crippen molar-refractivity contribution in [1.82, 2.24) is 14.9 Å². The van der Waals surface area contributed by atoms with E-state index in [9.17, 15) is 4.79 Å². The molecular weight excluding hydrogens is 294 g/mol. The maximum atomic E-state index is 12.2. The third kappa shape index (κ3) is 3.02. The third-order valence-electron chi connectivity index (χ3n) is 4.14. The van der Waals surface area contributed by atoms with E-state index in [4.69, 9.17) is 9.47 Å². The van der Waals surface area contributed by atoms with Gasteiger partial charge in [0.25, 0.3) is 5.91 Å². The first kappa shape index (κ1) is 14.1. The Balaban J connectivity index is 1.30. The van der Waals surface area contributed by atoms with E-state index in [1.165, 1.54) is 12.8 Å². The van der Waals surface area contributed by atoms with Crippen molar-refractivity contribution in [3.63, 3.8) is 0 Å². The van der Waals surface area contributed by atoms with Crippen molar-refractivity contribution in [1.29, 1.82) is 0 Å². The largest absolute Gasteiger partial charge is 0.485 e. The molecule has 0 saturated heterocycles. The average Bonchev–Trinajstić information content (AvgIpc) is 3.33. The quantitative estimate of drug-likeness (QED) is 0.913. The van der Waals surface area contributed by atoms with Crippen LogP contribution >= 0.6 is 0 Å². The van der Waals surface area contributed by atoms with Gasteiger partial charge in [0.15, 0.2) is 11.5 Å². The molecule has 1 aliphatic carbocycles. The van der Waals surface area contributed by atoms with Gasteiger partial charge in [0.05, 0.1) is 0 Å². The van der Waals surface area contributed by atoms with Crippen LogP contribution in [0.25, 0.3) is 0 Å². The summed E-state index contributed by atoms with van der Waals surface area (Å²) in [6.45, 7) is 1.51. The molecule has 6 heteroatoms. The Morgan fingerprint density at radius 1 is 1.30 bits per heavy atom. The Morgan fingerprint density at radius 2 is 2.13 bits per heavy atom. The SMILES string of the molecule is O=C(NCCn1ccnc1C1CC1)C1COc2ccccc2O1. The van der Waals surface area contributed by atoms with Gasteiger partial charge in [-0.1, -0.05) is 12.1 Å². The molecule has 1 saturated carbocycles. The summed E-state index contributed by atoms with van der Waals surface area (Å²) in [6, 6.07) is 7.39. The van der Waals surface area contributed by atoms with Crippen molar-refractivity contribution in [2.75, 3.05) is 13.2 Å². The Labute approximate surface area is 134 Å². The highest BCUT2D eigenvalue weighted by Gasteiger charge is 2.28. The molecule has 2 aliphatic rings. The number of ether oxygens (including phenoxy) is 2. The molecule has 1 atom stereocenters. The molecule has 1 aromatic carbocycles. The number of carbonyl (C=O) groups is 1. The van der Waals surface area contributed by atoms with Crippen LogP contribution in [0.15, 0.2) is 36.7 Å². The van der Waals surface area contributed by atoms with E-state index in [-0.39, 0.29) is 12.5 Å². The van der Waals surface area contributed by atoms with E-state index >= 15 is 0 Å². The van der Waals surface area contributed by atoms with Crippen LogP contribution in [0.1, 0.15) is 24.6 Å². The zero-order valence-corrected chi connectivity index (χ0v) is 12.8. The minimum absolute atomic E-state index is 0.146. The van der Waals surface area contributed by atoms with Crippen molar-refractivity contribution in [2.24, 2.45) is 0 Å². The Bertz CT molecular complexity index is 709. The lowest BCUT2D eigenvalue weighted by atomic mass is 10.2. The molecule has 0 spiro atoms. The van der Waals surface area contributed by atoms with Gasteiger partial charge in [0, 0.05) is 31.4 Å². The molecule has 0 radical (unpaired) electrons. The normalized spacial score (nSPS) is 19.4. The third-order valence-corrected chi connectivity index (χ3v) is 4.14. The molecule has 1 amide bonds. The van der Waals surface area contributed by atoms with Gasteiger partial charge in [0.1, 0.15) is 12.4 Å². The first-order valence-corrected chi connectivity index (χ1v) is 7.98. The van der Waals surface area contributed by atoms with E-state index < -0.39 is 6.10 Å². The van der Waals surface area contributed by atoms with E-state index in [1.807, 2.05) is 36.7 Å². The smallest absolute Gasteiger partial charge is 0.264 e. The van der Waals surface area contributed by atoms with Gasteiger partial charge < -0.3 is 19.4 Å². The lowest BCUT2D eigenvalue weighted by Gasteiger charge is -2.25. The lowest BCUT2D eigenvalue weighted by molar-refractivity contribution is -0.130. The summed E-state index contributed by atoms with van der Waals surface area (Å²) in [4.78, 5) is 16.6. The van der Waals surface area contributed by atoms with Gasteiger partial charge in [-0.2, -0.15) is 0 Å². The summed E-state index contributed by atoms with van der Waals surface area (Å²) in [7, 11) is 0. The summed E-state index contributed by atoms with van der Waals surface area (Å²) < 4.78 is 13.4. The second kappa shape index (κ2) is 5.95. The molecule has 1 N–H and O–H groups in total. The number of hydrogen-bond acceptors (Lipinski definition) is 4. The highest BCUT2D eigenvalue weighted by Crippen LogP contribution is 2.38. The van der Waals surface area contributed by atoms with Gasteiger partial charge in [-0.15, -0.1) is 0 Å². The molecule has 1 unspecified atom stereocenters. The second-order valence-corrected chi connectivity index (χ2v) is 5.91. The molecule has 1 aromatic heterocycles. The molecule has 2 aromatic rings. The molecule has 1 fully saturated rings. The topological polar surface area (TPSA) is 65.4 Å². The number of nitrogens with one attached hydrogen (secondary N) is 1. The first-order valence-electron chi connectivity index (χ1n) is 7.98. The first-order chi connectivity index (χ1) is 11.3. The summed E-state index contributed by atoms with van der Waals surface area (Å²) in [5.74, 6) is 2.89. The summed E-state index contributed by atoms with van der Waals surface area (Å²) >= 11 is 0. The number of hydrogen-bond donors (Lipinski definition) is 1. The molecule has 120 valence electrons. The second-order valence-electron chi connectivity index (χ2n) is 5.91. The van der Waals surface area contributed by atoms with E-state index in [2.05, 4.69) is 14.9 Å². The number of rotatable bonds is 5. The molecule has 6 nitrogen and oxygen atoms in total. The number of amides is 1. The number of para-hydroxylation sites is 2. The van der Waals surface area contributed by atoms with Gasteiger partial charge in [-0.25, -0.2) is 4.98 Å². The standard InChI is InChI=1S/C17H19N3O3/c21-17(15-11-22-13-3-1-2-4-14(13)23-15)19-8-10-20-9-7-18-16(20)12-5-6-12/h1-4,7,9,12,15H,5-6,8,10-11H2,(H,19,21). The van der Waals surface area contributed by atoms with Crippen molar-refractivity contribution in [2.45, 2.75) is 31.4 Å². The lowest BCUT2D eigenvalue weighted by Crippen LogP contribution is -2.44. The monoisotopic (exact) mass is 313 g/mol. The van der Waals surface area contributed by atoms with Crippen LogP contribution in [0.4, 0.5) is 0 Å². The number of aromatic nitrogens is 2. The maximum absolute atomic E-state index is 12.2. The highest BCUT2D eigenvalue weighted by molar-refractivity contribution is 5.81. The molecule has 0 bridgehead atoms. The number of nitrogens with zero attached hydrogens (tertiary/aromatic N) is 2. The fourth-order valence-corrected chi connectivity index (χ4v) is 2.77. The van der Waals surface area contributed by atoms with Crippen LogP contribution in [0, 0.1) is 0 Å². The van der Waals surface area contributed by atoms with Gasteiger partial charge in [-0.05, 0) is 25.0 Å². The van der Waals surface area contributed by atoms with Crippen molar-refractivity contribution in [3.05, 3.63) is 42.5 Å². The van der Waals surface area contributed by atoms with E-state index in [0.717, 1.165) is 12.4 Å². The van der Waals surface area contributed by atoms with Crippen LogP contribution < -0.4 is 14.8 Å². The Morgan fingerprint density at radius 3 is 2.96 bits per heavy atom. The average molecular weight is 313 g/mol. The molecule has 23 heavy (non-hydrogen) atoms. The molecule has 1 aliphatic heterocycles. The van der Waals surface area contributed by atoms with Crippen LogP contribution in [-0.2, 0) is 11.3 Å². The predicted molar refractivity (Wildman–Crippen MR) is 83.6 cm³/mol. The molecule has 2 heterocycles. The maximum Gasteiger partial charge on any atom is 0.264 e. The van der Waals surface area contributed by atoms with Crippen LogP contribution in [0.3, 0.4) is 0 Å². The van der Waals surface area contributed by atoms with Gasteiger partial charge in [0.2, 0.25) is 6.10 Å². The minimum atomic E-state index is -0.601. The van der Waals surface area contributed by atoms with Crippen molar-refractivity contribution >= 4 is 5.91 Å². The highest BCUT2D eigenvalue weighted by atomic mass is 16.6. The number of benzene rings is 1. The Hall–Kier alpha value is -2.50. The molecular formula is C17H19N3O3. The van der Waals surface area contributed by atoms with Gasteiger partial charge >= 0.3 is 0 Å².